The summed E-state index contributed by atoms with van der Waals surface area (Å²) in [6.45, 7) is 7.40. The second-order valence-corrected chi connectivity index (χ2v) is 7.16. The number of carbonyl (C=O) groups excluding carboxylic acids is 1. The highest BCUT2D eigenvalue weighted by Gasteiger charge is 2.43. The summed E-state index contributed by atoms with van der Waals surface area (Å²) >= 11 is 0. The van der Waals surface area contributed by atoms with Crippen LogP contribution in [0.3, 0.4) is 0 Å². The van der Waals surface area contributed by atoms with Crippen molar-refractivity contribution in [3.05, 3.63) is 0 Å². The Bertz CT molecular complexity index is 412. The Kier molecular flexibility index (Phi) is 12.2. The molecule has 1 saturated heterocycles. The zero-order valence-electron chi connectivity index (χ0n) is 17.4. The normalized spacial score (nSPS) is 26.4. The van der Waals surface area contributed by atoms with Gasteiger partial charge in [0.1, 0.15) is 32.3 Å². The van der Waals surface area contributed by atoms with E-state index in [1.54, 1.807) is 14.0 Å². The van der Waals surface area contributed by atoms with Crippen molar-refractivity contribution in [2.75, 3.05) is 34.0 Å². The highest BCUT2D eigenvalue weighted by atomic mass is 16.6. The van der Waals surface area contributed by atoms with E-state index in [0.717, 1.165) is 25.7 Å². The van der Waals surface area contributed by atoms with E-state index in [0.29, 0.717) is 19.8 Å². The van der Waals surface area contributed by atoms with Crippen LogP contribution in [0.25, 0.3) is 0 Å². The van der Waals surface area contributed by atoms with Crippen LogP contribution < -0.4 is 5.32 Å². The maximum atomic E-state index is 11.6. The topological polar surface area (TPSA) is 75.3 Å². The number of nitrogens with one attached hydrogen (secondary N) is 1. The van der Waals surface area contributed by atoms with Gasteiger partial charge in [0.25, 0.3) is 0 Å². The van der Waals surface area contributed by atoms with Gasteiger partial charge in [0, 0.05) is 33.4 Å². The van der Waals surface area contributed by atoms with E-state index < -0.39 is 12.1 Å². The first-order valence-corrected chi connectivity index (χ1v) is 9.88. The molecule has 8 heteroatoms. The summed E-state index contributed by atoms with van der Waals surface area (Å²) in [4.78, 5) is 11.6. The van der Waals surface area contributed by atoms with Crippen LogP contribution in [0.15, 0.2) is 0 Å². The van der Waals surface area contributed by atoms with Crippen LogP contribution in [0.4, 0.5) is 0 Å². The molecule has 7 nitrogen and oxygen atoms in total. The average molecular weight is 385 g/mol. The lowest BCUT2D eigenvalue weighted by atomic mass is 9.92. The number of unbranched alkanes of at least 4 members (excludes halogenated alkanes) is 3. The molecule has 1 aliphatic rings. The van der Waals surface area contributed by atoms with Crippen molar-refractivity contribution in [1.29, 1.82) is 0 Å². The van der Waals surface area contributed by atoms with Gasteiger partial charge in [-0.25, -0.2) is 0 Å². The highest BCUT2D eigenvalue weighted by molar-refractivity contribution is 6.11. The van der Waals surface area contributed by atoms with Crippen molar-refractivity contribution < 1.29 is 28.5 Å². The molecule has 1 aliphatic heterocycles. The lowest BCUT2D eigenvalue weighted by molar-refractivity contribution is -0.130. The summed E-state index contributed by atoms with van der Waals surface area (Å²) in [5, 5.41) is 2.86. The number of carbonyl (C=O) groups is 1. The molecular weight excluding hydrogens is 349 g/mol. The summed E-state index contributed by atoms with van der Waals surface area (Å²) in [5.74, 6) is -0.0714. The fraction of sp³-hybridized carbons (Fsp3) is 0.947. The van der Waals surface area contributed by atoms with E-state index in [9.17, 15) is 4.79 Å². The molecule has 0 aliphatic carbocycles. The van der Waals surface area contributed by atoms with Gasteiger partial charge in [0.15, 0.2) is 0 Å². The zero-order chi connectivity index (χ0) is 20.2. The monoisotopic (exact) mass is 385 g/mol. The third-order valence-electron chi connectivity index (χ3n) is 4.51. The fourth-order valence-electron chi connectivity index (χ4n) is 2.99. The number of hydrogen-bond donors (Lipinski definition) is 1. The Balaban J connectivity index is 2.21. The molecule has 156 valence electrons. The van der Waals surface area contributed by atoms with E-state index in [1.807, 2.05) is 13.8 Å². The van der Waals surface area contributed by atoms with E-state index in [4.69, 9.17) is 31.5 Å². The fourth-order valence-corrected chi connectivity index (χ4v) is 2.99. The quantitative estimate of drug-likeness (QED) is 0.360. The minimum atomic E-state index is -0.508. The largest absolute Gasteiger partial charge is 0.382 e. The summed E-state index contributed by atoms with van der Waals surface area (Å²) in [6, 6.07) is -0.508. The molecule has 0 aromatic rings. The second-order valence-electron chi connectivity index (χ2n) is 7.16. The van der Waals surface area contributed by atoms with Crippen molar-refractivity contribution in [2.45, 2.75) is 83.0 Å². The van der Waals surface area contributed by atoms with Crippen molar-refractivity contribution in [1.82, 2.24) is 5.32 Å². The Morgan fingerprint density at radius 1 is 1.11 bits per heavy atom. The van der Waals surface area contributed by atoms with Gasteiger partial charge < -0.3 is 29.0 Å². The number of hydrogen-bond acceptors (Lipinski definition) is 6. The predicted molar refractivity (Wildman–Crippen MR) is 104 cm³/mol. The standard InChI is InChI=1S/C19H36BNO6/c1-13(2)26-16-15(12-23-4)27-18(20)17(16)25-11-9-7-6-8-10-21-19(22)14(3)24-5/h13-18H,6-12H2,1-5H3,(H,21,22). The van der Waals surface area contributed by atoms with Crippen LogP contribution in [-0.2, 0) is 28.5 Å². The molecule has 0 spiro atoms. The summed E-state index contributed by atoms with van der Waals surface area (Å²) in [6.07, 6.45) is 2.84. The molecule has 5 atom stereocenters. The van der Waals surface area contributed by atoms with E-state index in [2.05, 4.69) is 5.32 Å². The van der Waals surface area contributed by atoms with E-state index >= 15 is 0 Å². The van der Waals surface area contributed by atoms with E-state index in [-0.39, 0.29) is 30.3 Å². The Morgan fingerprint density at radius 2 is 1.81 bits per heavy atom. The number of rotatable bonds is 14. The number of amides is 1. The molecule has 2 radical (unpaired) electrons. The van der Waals surface area contributed by atoms with Gasteiger partial charge in [-0.3, -0.25) is 4.79 Å². The van der Waals surface area contributed by atoms with Crippen LogP contribution in [0.2, 0.25) is 0 Å². The molecule has 1 rings (SSSR count). The lowest BCUT2D eigenvalue weighted by Gasteiger charge is -2.26. The van der Waals surface area contributed by atoms with Crippen molar-refractivity contribution >= 4 is 13.8 Å². The van der Waals surface area contributed by atoms with Gasteiger partial charge in [-0.2, -0.15) is 0 Å². The minimum absolute atomic E-state index is 0.0605. The molecule has 0 saturated carbocycles. The number of methoxy groups -OCH3 is 2. The molecule has 0 bridgehead atoms. The first-order chi connectivity index (χ1) is 12.9. The van der Waals surface area contributed by atoms with Gasteiger partial charge in [-0.05, 0) is 33.6 Å². The molecule has 27 heavy (non-hydrogen) atoms. The van der Waals surface area contributed by atoms with Gasteiger partial charge in [-0.1, -0.05) is 12.8 Å². The summed E-state index contributed by atoms with van der Waals surface area (Å²) < 4.78 is 27.8. The lowest BCUT2D eigenvalue weighted by Crippen LogP contribution is -2.40. The molecule has 1 fully saturated rings. The van der Waals surface area contributed by atoms with Crippen LogP contribution in [0, 0.1) is 0 Å². The van der Waals surface area contributed by atoms with Gasteiger partial charge in [-0.15, -0.1) is 0 Å². The maximum Gasteiger partial charge on any atom is 0.248 e. The Hall–Kier alpha value is -0.665. The molecule has 1 heterocycles. The summed E-state index contributed by atoms with van der Waals surface area (Å²) in [7, 11) is 9.24. The van der Waals surface area contributed by atoms with Gasteiger partial charge in [0.05, 0.1) is 12.7 Å². The number of ether oxygens (including phenoxy) is 5. The third-order valence-corrected chi connectivity index (χ3v) is 4.51. The average Bonchev–Trinajstić information content (AvgIpc) is 2.91. The molecule has 0 aromatic heterocycles. The van der Waals surface area contributed by atoms with E-state index in [1.165, 1.54) is 7.11 Å². The molecule has 1 amide bonds. The Labute approximate surface area is 165 Å². The van der Waals surface area contributed by atoms with Crippen LogP contribution in [-0.4, -0.2) is 84.3 Å². The molecular formula is C19H36BNO6. The highest BCUT2D eigenvalue weighted by Crippen LogP contribution is 2.26. The van der Waals surface area contributed by atoms with Crippen molar-refractivity contribution in [3.63, 3.8) is 0 Å². The summed E-state index contributed by atoms with van der Waals surface area (Å²) in [5.41, 5.74) is 0. The van der Waals surface area contributed by atoms with Gasteiger partial charge >= 0.3 is 0 Å². The van der Waals surface area contributed by atoms with Crippen LogP contribution in [0.5, 0.6) is 0 Å². The molecule has 0 aromatic carbocycles. The second kappa shape index (κ2) is 13.5. The predicted octanol–water partition coefficient (Wildman–Crippen LogP) is 1.42. The molecule has 1 N–H and O–H groups in total. The van der Waals surface area contributed by atoms with Crippen LogP contribution >= 0.6 is 0 Å². The van der Waals surface area contributed by atoms with Gasteiger partial charge in [0.2, 0.25) is 5.91 Å². The first-order valence-electron chi connectivity index (χ1n) is 9.88. The first kappa shape index (κ1) is 24.4. The molecule has 5 unspecified atom stereocenters. The maximum absolute atomic E-state index is 11.6. The third kappa shape index (κ3) is 8.92. The van der Waals surface area contributed by atoms with Crippen molar-refractivity contribution in [2.24, 2.45) is 0 Å². The minimum Gasteiger partial charge on any atom is -0.382 e. The smallest absolute Gasteiger partial charge is 0.248 e. The van der Waals surface area contributed by atoms with Crippen molar-refractivity contribution in [3.8, 4) is 0 Å². The van der Waals surface area contributed by atoms with Crippen LogP contribution in [0.1, 0.15) is 46.5 Å². The zero-order valence-corrected chi connectivity index (χ0v) is 17.4. The SMILES string of the molecule is [B]C1OC(COC)C(OC(C)C)C1OCCCCCCNC(=O)C(C)OC. The Morgan fingerprint density at radius 3 is 2.44 bits per heavy atom.